The van der Waals surface area contributed by atoms with Gasteiger partial charge in [0.25, 0.3) is 12.3 Å². The molecular weight excluding hydrogens is 334 g/mol. The minimum Gasteiger partial charge on any atom is -0.375 e. The number of thiazole rings is 1. The smallest absolute Gasteiger partial charge is 0.270 e. The Balaban J connectivity index is 1.65. The number of carbonyl (C=O) groups is 1. The van der Waals surface area contributed by atoms with Gasteiger partial charge in [0.05, 0.1) is 12.2 Å². The highest BCUT2D eigenvalue weighted by molar-refractivity contribution is 7.15. The number of H-pyrrole nitrogens is 1. The van der Waals surface area contributed by atoms with Crippen LogP contribution in [0.5, 0.6) is 0 Å². The molecule has 5 nitrogen and oxygen atoms in total. The molecule has 0 atom stereocenters. The molecule has 0 fully saturated rings. The van der Waals surface area contributed by atoms with Gasteiger partial charge < -0.3 is 15.6 Å². The van der Waals surface area contributed by atoms with Crippen LogP contribution in [0.1, 0.15) is 33.0 Å². The van der Waals surface area contributed by atoms with Crippen molar-refractivity contribution in [3.8, 4) is 0 Å². The number of halogens is 2. The molecule has 3 aromatic rings. The number of rotatable bonds is 2. The van der Waals surface area contributed by atoms with Crippen LogP contribution in [0, 0.1) is 0 Å². The van der Waals surface area contributed by atoms with Gasteiger partial charge in [-0.2, -0.15) is 0 Å². The van der Waals surface area contributed by atoms with Gasteiger partial charge in [0, 0.05) is 34.3 Å². The molecule has 1 aliphatic heterocycles. The van der Waals surface area contributed by atoms with Gasteiger partial charge in [-0.05, 0) is 12.1 Å². The third-order valence-electron chi connectivity index (χ3n) is 4.20. The van der Waals surface area contributed by atoms with Crippen molar-refractivity contribution in [2.75, 3.05) is 12.3 Å². The second kappa shape index (κ2) is 5.55. The number of aromatic nitrogens is 2. The van der Waals surface area contributed by atoms with Crippen molar-refractivity contribution in [3.63, 3.8) is 0 Å². The van der Waals surface area contributed by atoms with E-state index >= 15 is 0 Å². The van der Waals surface area contributed by atoms with E-state index in [1.165, 1.54) is 23.5 Å². The van der Waals surface area contributed by atoms with Crippen LogP contribution in [-0.4, -0.2) is 27.3 Å². The molecule has 3 N–H and O–H groups in total. The number of aromatic amines is 1. The molecule has 1 aliphatic rings. The molecule has 0 saturated carbocycles. The zero-order chi connectivity index (χ0) is 16.8. The molecule has 0 unspecified atom stereocenters. The fraction of sp³-hybridized carbons (Fsp3) is 0.250. The molecule has 0 aliphatic carbocycles. The van der Waals surface area contributed by atoms with Gasteiger partial charge in [-0.15, -0.1) is 11.3 Å². The molecule has 0 saturated heterocycles. The molecular formula is C16H14F2N4OS. The van der Waals surface area contributed by atoms with E-state index in [0.717, 1.165) is 10.6 Å². The molecule has 124 valence electrons. The Labute approximate surface area is 140 Å². The SMILES string of the molecule is Nc1nc2c(s1)CN(C(=O)c1cc3c(C(F)F)cccc3[nH]1)CC2. The van der Waals surface area contributed by atoms with Gasteiger partial charge in [0.1, 0.15) is 5.69 Å². The summed E-state index contributed by atoms with van der Waals surface area (Å²) in [5.41, 5.74) is 7.44. The van der Waals surface area contributed by atoms with Gasteiger partial charge in [0.15, 0.2) is 5.13 Å². The van der Waals surface area contributed by atoms with Crippen LogP contribution in [0.3, 0.4) is 0 Å². The second-order valence-corrected chi connectivity index (χ2v) is 6.81. The van der Waals surface area contributed by atoms with E-state index in [9.17, 15) is 13.6 Å². The number of fused-ring (bicyclic) bond motifs is 2. The summed E-state index contributed by atoms with van der Waals surface area (Å²) >= 11 is 1.38. The van der Waals surface area contributed by atoms with Crippen LogP contribution in [0.15, 0.2) is 24.3 Å². The van der Waals surface area contributed by atoms with E-state index in [1.807, 2.05) is 0 Å². The van der Waals surface area contributed by atoms with Gasteiger partial charge in [0.2, 0.25) is 0 Å². The molecule has 24 heavy (non-hydrogen) atoms. The predicted molar refractivity (Wildman–Crippen MR) is 88.2 cm³/mol. The largest absolute Gasteiger partial charge is 0.375 e. The summed E-state index contributed by atoms with van der Waals surface area (Å²) in [5, 5.41) is 0.886. The zero-order valence-corrected chi connectivity index (χ0v) is 13.4. The lowest BCUT2D eigenvalue weighted by Gasteiger charge is -2.25. The Hall–Kier alpha value is -2.48. The first kappa shape index (κ1) is 15.1. The second-order valence-electron chi connectivity index (χ2n) is 5.69. The van der Waals surface area contributed by atoms with E-state index < -0.39 is 6.43 Å². The lowest BCUT2D eigenvalue weighted by Crippen LogP contribution is -2.35. The van der Waals surface area contributed by atoms with Crippen LogP contribution >= 0.6 is 11.3 Å². The maximum atomic E-state index is 13.1. The Kier molecular flexibility index (Phi) is 3.49. The molecule has 4 rings (SSSR count). The van der Waals surface area contributed by atoms with E-state index in [1.54, 1.807) is 17.0 Å². The Bertz CT molecular complexity index is 933. The summed E-state index contributed by atoms with van der Waals surface area (Å²) in [4.78, 5) is 22.6. The van der Waals surface area contributed by atoms with Crippen molar-refractivity contribution in [2.24, 2.45) is 0 Å². The Morgan fingerprint density at radius 2 is 2.25 bits per heavy atom. The number of alkyl halides is 2. The highest BCUT2D eigenvalue weighted by Gasteiger charge is 2.26. The highest BCUT2D eigenvalue weighted by Crippen LogP contribution is 2.30. The molecule has 2 aromatic heterocycles. The van der Waals surface area contributed by atoms with Crippen LogP contribution in [-0.2, 0) is 13.0 Å². The van der Waals surface area contributed by atoms with Crippen molar-refractivity contribution < 1.29 is 13.6 Å². The first-order valence-electron chi connectivity index (χ1n) is 7.46. The first-order chi connectivity index (χ1) is 11.5. The molecule has 8 heteroatoms. The van der Waals surface area contributed by atoms with Crippen molar-refractivity contribution >= 4 is 33.3 Å². The number of nitrogens with zero attached hydrogens (tertiary/aromatic N) is 2. The maximum absolute atomic E-state index is 13.1. The number of amides is 1. The first-order valence-corrected chi connectivity index (χ1v) is 8.27. The fourth-order valence-corrected chi connectivity index (χ4v) is 3.94. The number of hydrogen-bond acceptors (Lipinski definition) is 4. The van der Waals surface area contributed by atoms with Gasteiger partial charge in [-0.25, -0.2) is 13.8 Å². The number of benzene rings is 1. The summed E-state index contributed by atoms with van der Waals surface area (Å²) in [6, 6.07) is 6.14. The van der Waals surface area contributed by atoms with E-state index in [4.69, 9.17) is 5.73 Å². The molecule has 0 spiro atoms. The standard InChI is InChI=1S/C16H14F2N4OS/c17-14(18)8-2-1-3-10-9(8)6-12(20-10)15(23)22-5-4-11-13(7-22)24-16(19)21-11/h1-3,6,14,20H,4-5,7H2,(H2,19,21). The monoisotopic (exact) mass is 348 g/mol. The van der Waals surface area contributed by atoms with Crippen LogP contribution < -0.4 is 5.73 Å². The fourth-order valence-electron chi connectivity index (χ4n) is 3.04. The maximum Gasteiger partial charge on any atom is 0.270 e. The summed E-state index contributed by atoms with van der Waals surface area (Å²) < 4.78 is 26.2. The number of anilines is 1. The predicted octanol–water partition coefficient (Wildman–Crippen LogP) is 3.34. The molecule has 1 aromatic carbocycles. The van der Waals surface area contributed by atoms with Gasteiger partial charge >= 0.3 is 0 Å². The van der Waals surface area contributed by atoms with E-state index in [2.05, 4.69) is 9.97 Å². The van der Waals surface area contributed by atoms with Crippen molar-refractivity contribution in [3.05, 3.63) is 46.1 Å². The van der Waals surface area contributed by atoms with Crippen LogP contribution in [0.4, 0.5) is 13.9 Å². The average Bonchev–Trinajstić information content (AvgIpc) is 3.14. The summed E-state index contributed by atoms with van der Waals surface area (Å²) in [6.45, 7) is 0.978. The van der Waals surface area contributed by atoms with Crippen LogP contribution in [0.25, 0.3) is 10.9 Å². The Morgan fingerprint density at radius 3 is 3.04 bits per heavy atom. The van der Waals surface area contributed by atoms with Crippen molar-refractivity contribution in [1.82, 2.24) is 14.9 Å². The zero-order valence-electron chi connectivity index (χ0n) is 12.6. The lowest BCUT2D eigenvalue weighted by molar-refractivity contribution is 0.0731. The normalized spacial score (nSPS) is 14.4. The number of nitrogens with two attached hydrogens (primary N) is 1. The molecule has 1 amide bonds. The molecule has 3 heterocycles. The minimum absolute atomic E-state index is 0.0704. The topological polar surface area (TPSA) is 75.0 Å². The summed E-state index contributed by atoms with van der Waals surface area (Å²) in [7, 11) is 0. The number of hydrogen-bond donors (Lipinski definition) is 2. The molecule has 0 bridgehead atoms. The third-order valence-corrected chi connectivity index (χ3v) is 5.11. The van der Waals surface area contributed by atoms with Crippen molar-refractivity contribution in [2.45, 2.75) is 19.4 Å². The summed E-state index contributed by atoms with van der Waals surface area (Å²) in [6.07, 6.45) is -1.93. The number of nitrogen functional groups attached to an aromatic ring is 1. The number of nitrogens with one attached hydrogen (secondary N) is 1. The lowest BCUT2D eigenvalue weighted by atomic mass is 10.1. The molecule has 0 radical (unpaired) electrons. The van der Waals surface area contributed by atoms with E-state index in [-0.39, 0.29) is 11.5 Å². The van der Waals surface area contributed by atoms with Gasteiger partial charge in [-0.3, -0.25) is 4.79 Å². The van der Waals surface area contributed by atoms with Gasteiger partial charge in [-0.1, -0.05) is 12.1 Å². The Morgan fingerprint density at radius 1 is 1.42 bits per heavy atom. The third kappa shape index (κ3) is 2.43. The highest BCUT2D eigenvalue weighted by atomic mass is 32.1. The quantitative estimate of drug-likeness (QED) is 0.746. The van der Waals surface area contributed by atoms with E-state index in [0.29, 0.717) is 41.2 Å². The average molecular weight is 348 g/mol. The van der Waals surface area contributed by atoms with Crippen LogP contribution in [0.2, 0.25) is 0 Å². The summed E-state index contributed by atoms with van der Waals surface area (Å²) in [5.74, 6) is -0.205. The van der Waals surface area contributed by atoms with Crippen molar-refractivity contribution in [1.29, 1.82) is 0 Å². The number of carbonyl (C=O) groups excluding carboxylic acids is 1. The minimum atomic E-state index is -2.58.